The van der Waals surface area contributed by atoms with Crippen molar-refractivity contribution in [3.63, 3.8) is 0 Å². The maximum absolute atomic E-state index is 13.8. The lowest BCUT2D eigenvalue weighted by molar-refractivity contribution is 0.0472. The minimum absolute atomic E-state index is 0.154. The van der Waals surface area contributed by atoms with Gasteiger partial charge in [0.1, 0.15) is 11.6 Å². The normalized spacial score (nSPS) is 20.7. The van der Waals surface area contributed by atoms with E-state index in [4.69, 9.17) is 0 Å². The van der Waals surface area contributed by atoms with Crippen molar-refractivity contribution in [2.24, 2.45) is 5.92 Å². The van der Waals surface area contributed by atoms with Crippen LogP contribution in [0.2, 0.25) is 0 Å². The van der Waals surface area contributed by atoms with Crippen molar-refractivity contribution in [1.29, 1.82) is 0 Å². The Morgan fingerprint density at radius 2 is 2.05 bits per heavy atom. The highest BCUT2D eigenvalue weighted by Crippen LogP contribution is 2.18. The third-order valence-electron chi connectivity index (χ3n) is 4.15. The first-order chi connectivity index (χ1) is 10.5. The van der Waals surface area contributed by atoms with Gasteiger partial charge in [0.15, 0.2) is 0 Å². The Morgan fingerprint density at radius 1 is 1.27 bits per heavy atom. The second-order valence-electron chi connectivity index (χ2n) is 6.53. The zero-order valence-corrected chi connectivity index (χ0v) is 13.4. The molecule has 1 N–H and O–H groups in total. The smallest absolute Gasteiger partial charge is 0.127 e. The van der Waals surface area contributed by atoms with E-state index in [1.807, 2.05) is 0 Å². The lowest BCUT2D eigenvalue weighted by Crippen LogP contribution is -2.53. The van der Waals surface area contributed by atoms with E-state index in [1.54, 1.807) is 0 Å². The highest BCUT2D eigenvalue weighted by Gasteiger charge is 2.27. The van der Waals surface area contributed by atoms with Crippen molar-refractivity contribution >= 4 is 0 Å². The summed E-state index contributed by atoms with van der Waals surface area (Å²) in [6, 6.07) is 3.88. The van der Waals surface area contributed by atoms with Crippen molar-refractivity contribution in [3.8, 4) is 0 Å². The van der Waals surface area contributed by atoms with E-state index in [9.17, 15) is 13.9 Å². The van der Waals surface area contributed by atoms with Crippen LogP contribution in [0.25, 0.3) is 0 Å². The van der Waals surface area contributed by atoms with Crippen LogP contribution in [-0.4, -0.2) is 53.7 Å². The number of rotatable bonds is 6. The molecule has 1 aromatic rings. The number of nitrogens with zero attached hydrogens (tertiary/aromatic N) is 2. The molecule has 22 heavy (non-hydrogen) atoms. The fourth-order valence-electron chi connectivity index (χ4n) is 3.14. The van der Waals surface area contributed by atoms with E-state index in [-0.39, 0.29) is 18.5 Å². The zero-order chi connectivity index (χ0) is 16.1. The van der Waals surface area contributed by atoms with Gasteiger partial charge in [0, 0.05) is 50.9 Å². The average Bonchev–Trinajstić information content (AvgIpc) is 2.45. The molecule has 5 heteroatoms. The predicted molar refractivity (Wildman–Crippen MR) is 83.5 cm³/mol. The molecule has 0 spiro atoms. The molecule has 1 atom stereocenters. The van der Waals surface area contributed by atoms with Gasteiger partial charge in [-0.1, -0.05) is 13.8 Å². The summed E-state index contributed by atoms with van der Waals surface area (Å²) in [7, 11) is 0. The van der Waals surface area contributed by atoms with E-state index in [1.165, 1.54) is 12.1 Å². The maximum atomic E-state index is 13.8. The second-order valence-corrected chi connectivity index (χ2v) is 6.53. The molecule has 3 nitrogen and oxygen atoms in total. The number of hydrogen-bond acceptors (Lipinski definition) is 3. The molecule has 1 aliphatic rings. The first kappa shape index (κ1) is 17.3. The van der Waals surface area contributed by atoms with Crippen molar-refractivity contribution in [3.05, 3.63) is 35.4 Å². The molecule has 1 aromatic carbocycles. The Morgan fingerprint density at radius 3 is 2.73 bits per heavy atom. The summed E-state index contributed by atoms with van der Waals surface area (Å²) in [4.78, 5) is 4.55. The van der Waals surface area contributed by atoms with E-state index < -0.39 is 5.82 Å². The molecule has 0 aliphatic carbocycles. The first-order valence-electron chi connectivity index (χ1n) is 8.00. The monoisotopic (exact) mass is 312 g/mol. The highest BCUT2D eigenvalue weighted by atomic mass is 19.1. The molecular weight excluding hydrogens is 286 g/mol. The topological polar surface area (TPSA) is 26.7 Å². The average molecular weight is 312 g/mol. The Hall–Kier alpha value is -1.04. The summed E-state index contributed by atoms with van der Waals surface area (Å²) < 4.78 is 27.1. The van der Waals surface area contributed by atoms with Gasteiger partial charge < -0.3 is 5.11 Å². The fraction of sp³-hybridized carbons (Fsp3) is 0.647. The third kappa shape index (κ3) is 4.73. The highest BCUT2D eigenvalue weighted by molar-refractivity contribution is 5.18. The van der Waals surface area contributed by atoms with Gasteiger partial charge in [0.2, 0.25) is 0 Å². The quantitative estimate of drug-likeness (QED) is 0.874. The van der Waals surface area contributed by atoms with Crippen LogP contribution in [0, 0.1) is 17.6 Å². The molecule has 0 radical (unpaired) electrons. The van der Waals surface area contributed by atoms with Gasteiger partial charge in [0.05, 0.1) is 0 Å². The zero-order valence-electron chi connectivity index (χ0n) is 13.4. The van der Waals surface area contributed by atoms with E-state index in [2.05, 4.69) is 23.6 Å². The van der Waals surface area contributed by atoms with Crippen LogP contribution in [0.4, 0.5) is 8.78 Å². The molecule has 1 fully saturated rings. The number of piperazine rings is 1. The van der Waals surface area contributed by atoms with Crippen LogP contribution in [0.5, 0.6) is 0 Å². The van der Waals surface area contributed by atoms with Gasteiger partial charge in [0.25, 0.3) is 0 Å². The number of halogens is 2. The lowest BCUT2D eigenvalue weighted by atomic mass is 10.1. The van der Waals surface area contributed by atoms with Crippen LogP contribution in [0.3, 0.4) is 0 Å². The number of hydrogen-bond donors (Lipinski definition) is 1. The van der Waals surface area contributed by atoms with E-state index in [0.29, 0.717) is 18.0 Å². The largest absolute Gasteiger partial charge is 0.396 e. The van der Waals surface area contributed by atoms with Gasteiger partial charge in [-0.25, -0.2) is 8.78 Å². The Kier molecular flexibility index (Phi) is 6.29. The molecule has 1 aliphatic heterocycles. The summed E-state index contributed by atoms with van der Waals surface area (Å²) in [5, 5.41) is 9.27. The minimum atomic E-state index is -0.401. The summed E-state index contributed by atoms with van der Waals surface area (Å²) in [6.07, 6.45) is 0.717. The van der Waals surface area contributed by atoms with Gasteiger partial charge in [-0.3, -0.25) is 9.80 Å². The minimum Gasteiger partial charge on any atom is -0.396 e. The Bertz CT molecular complexity index is 482. The van der Waals surface area contributed by atoms with Crippen molar-refractivity contribution < 1.29 is 13.9 Å². The maximum Gasteiger partial charge on any atom is 0.127 e. The molecule has 0 amide bonds. The third-order valence-corrected chi connectivity index (χ3v) is 4.15. The molecule has 0 saturated carbocycles. The molecular formula is C17H26F2N2O. The molecule has 1 heterocycles. The molecule has 0 bridgehead atoms. The van der Waals surface area contributed by atoms with Gasteiger partial charge >= 0.3 is 0 Å². The van der Waals surface area contributed by atoms with Crippen LogP contribution >= 0.6 is 0 Å². The molecule has 0 aromatic heterocycles. The van der Waals surface area contributed by atoms with Gasteiger partial charge in [-0.2, -0.15) is 0 Å². The molecule has 124 valence electrons. The van der Waals surface area contributed by atoms with Crippen molar-refractivity contribution in [1.82, 2.24) is 9.80 Å². The second kappa shape index (κ2) is 7.99. The predicted octanol–water partition coefficient (Wildman–Crippen LogP) is 2.49. The van der Waals surface area contributed by atoms with Crippen LogP contribution in [0.15, 0.2) is 18.2 Å². The first-order valence-corrected chi connectivity index (χ1v) is 8.00. The number of benzene rings is 1. The van der Waals surface area contributed by atoms with Crippen molar-refractivity contribution in [2.45, 2.75) is 32.9 Å². The van der Waals surface area contributed by atoms with Gasteiger partial charge in [-0.05, 0) is 30.5 Å². The molecule has 2 rings (SSSR count). The fourth-order valence-corrected chi connectivity index (χ4v) is 3.14. The Labute approximate surface area is 131 Å². The van der Waals surface area contributed by atoms with Crippen LogP contribution in [0.1, 0.15) is 25.8 Å². The Balaban J connectivity index is 2.00. The molecule has 0 unspecified atom stereocenters. The molecule has 1 saturated heterocycles. The summed E-state index contributed by atoms with van der Waals surface area (Å²) in [6.45, 7) is 8.47. The lowest BCUT2D eigenvalue weighted by Gasteiger charge is -2.42. The van der Waals surface area contributed by atoms with Gasteiger partial charge in [-0.15, -0.1) is 0 Å². The summed E-state index contributed by atoms with van der Waals surface area (Å²) in [5.41, 5.74) is 0.403. The summed E-state index contributed by atoms with van der Waals surface area (Å²) in [5.74, 6) is -0.181. The van der Waals surface area contributed by atoms with E-state index in [0.717, 1.165) is 38.7 Å². The SMILES string of the molecule is CC(C)CN1CCN(Cc2cc(F)ccc2F)C[C@H]1CCO. The number of aliphatic hydroxyl groups is 1. The number of aliphatic hydroxyl groups excluding tert-OH is 1. The summed E-state index contributed by atoms with van der Waals surface area (Å²) >= 11 is 0. The van der Waals surface area contributed by atoms with Crippen molar-refractivity contribution in [2.75, 3.05) is 32.8 Å². The van der Waals surface area contributed by atoms with Crippen LogP contribution < -0.4 is 0 Å². The standard InChI is InChI=1S/C17H26F2N2O/c1-13(2)10-21-7-6-20(12-16(21)5-8-22)11-14-9-15(18)3-4-17(14)19/h3-4,9,13,16,22H,5-8,10-12H2,1-2H3/t16-/m1/s1. The van der Waals surface area contributed by atoms with Crippen LogP contribution in [-0.2, 0) is 6.54 Å². The van der Waals surface area contributed by atoms with E-state index >= 15 is 0 Å².